The first-order valence-electron chi connectivity index (χ1n) is 9.88. The van der Waals surface area contributed by atoms with Crippen molar-refractivity contribution >= 4 is 17.5 Å². The van der Waals surface area contributed by atoms with Crippen LogP contribution in [-0.2, 0) is 16.0 Å². The van der Waals surface area contributed by atoms with Gasteiger partial charge in [-0.15, -0.1) is 0 Å². The van der Waals surface area contributed by atoms with Gasteiger partial charge in [0.1, 0.15) is 0 Å². The van der Waals surface area contributed by atoms with Crippen LogP contribution in [-0.4, -0.2) is 56.4 Å². The standard InChI is InChI=1S/C21H28N4O5/c1-13-11-17(28-3)18(29-4)12-16(13)23-19(26)6-5-15-14(2)22-21(24-20(15)27)25-7-9-30-10-8-25/h11-12H,5-10H2,1-4H3,(H,23,26)(H,22,24,27). The minimum Gasteiger partial charge on any atom is -0.493 e. The fraction of sp³-hybridized carbons (Fsp3) is 0.476. The van der Waals surface area contributed by atoms with E-state index in [0.29, 0.717) is 67.1 Å². The summed E-state index contributed by atoms with van der Waals surface area (Å²) in [5, 5.41) is 2.88. The largest absolute Gasteiger partial charge is 0.493 e. The van der Waals surface area contributed by atoms with Crippen molar-refractivity contribution in [1.29, 1.82) is 0 Å². The molecule has 9 nitrogen and oxygen atoms in total. The third-order valence-corrected chi connectivity index (χ3v) is 5.13. The van der Waals surface area contributed by atoms with Gasteiger partial charge < -0.3 is 24.4 Å². The fourth-order valence-corrected chi connectivity index (χ4v) is 3.38. The van der Waals surface area contributed by atoms with Crippen LogP contribution in [0, 0.1) is 13.8 Å². The number of aryl methyl sites for hydroxylation is 2. The quantitative estimate of drug-likeness (QED) is 0.709. The SMILES string of the molecule is COc1cc(C)c(NC(=O)CCc2c(C)nc(N3CCOCC3)[nH]c2=O)cc1OC. The molecule has 1 aromatic heterocycles. The van der Waals surface area contributed by atoms with Gasteiger partial charge in [0.05, 0.1) is 27.4 Å². The van der Waals surface area contributed by atoms with Gasteiger partial charge in [-0.25, -0.2) is 4.98 Å². The van der Waals surface area contributed by atoms with E-state index in [2.05, 4.69) is 15.3 Å². The number of carbonyl (C=O) groups excluding carboxylic acids is 1. The highest BCUT2D eigenvalue weighted by Gasteiger charge is 2.17. The number of carbonyl (C=O) groups is 1. The van der Waals surface area contributed by atoms with Crippen LogP contribution in [0.4, 0.5) is 11.6 Å². The van der Waals surface area contributed by atoms with Crippen LogP contribution in [0.3, 0.4) is 0 Å². The molecule has 30 heavy (non-hydrogen) atoms. The molecule has 3 rings (SSSR count). The van der Waals surface area contributed by atoms with Crippen molar-refractivity contribution in [3.8, 4) is 11.5 Å². The van der Waals surface area contributed by atoms with E-state index in [-0.39, 0.29) is 17.9 Å². The number of ether oxygens (including phenoxy) is 3. The van der Waals surface area contributed by atoms with E-state index in [1.807, 2.05) is 11.8 Å². The number of methoxy groups -OCH3 is 2. The maximum Gasteiger partial charge on any atom is 0.255 e. The molecular formula is C21H28N4O5. The Morgan fingerprint density at radius 3 is 2.50 bits per heavy atom. The van der Waals surface area contributed by atoms with Crippen molar-refractivity contribution in [2.24, 2.45) is 0 Å². The van der Waals surface area contributed by atoms with Crippen LogP contribution in [0.5, 0.6) is 11.5 Å². The van der Waals surface area contributed by atoms with Crippen molar-refractivity contribution < 1.29 is 19.0 Å². The number of benzene rings is 1. The number of aromatic amines is 1. The van der Waals surface area contributed by atoms with E-state index >= 15 is 0 Å². The second-order valence-corrected chi connectivity index (χ2v) is 7.12. The Bertz CT molecular complexity index is 967. The molecule has 0 aliphatic carbocycles. The number of hydrogen-bond donors (Lipinski definition) is 2. The van der Waals surface area contributed by atoms with Crippen LogP contribution in [0.1, 0.15) is 23.2 Å². The molecule has 0 spiro atoms. The van der Waals surface area contributed by atoms with Crippen molar-refractivity contribution in [2.45, 2.75) is 26.7 Å². The smallest absolute Gasteiger partial charge is 0.255 e. The average Bonchev–Trinajstić information content (AvgIpc) is 2.74. The number of amides is 1. The minimum atomic E-state index is -0.209. The number of anilines is 2. The number of nitrogens with zero attached hydrogens (tertiary/aromatic N) is 2. The highest BCUT2D eigenvalue weighted by Crippen LogP contribution is 2.32. The molecule has 1 fully saturated rings. The van der Waals surface area contributed by atoms with Gasteiger partial charge in [-0.2, -0.15) is 0 Å². The van der Waals surface area contributed by atoms with Crippen LogP contribution >= 0.6 is 0 Å². The molecule has 1 amide bonds. The predicted octanol–water partition coefficient (Wildman–Crippen LogP) is 1.81. The zero-order valence-corrected chi connectivity index (χ0v) is 17.8. The van der Waals surface area contributed by atoms with Crippen LogP contribution in [0.25, 0.3) is 0 Å². The molecule has 1 aliphatic heterocycles. The molecule has 0 saturated carbocycles. The summed E-state index contributed by atoms with van der Waals surface area (Å²) in [6, 6.07) is 3.53. The molecule has 0 bridgehead atoms. The van der Waals surface area contributed by atoms with Crippen LogP contribution in [0.15, 0.2) is 16.9 Å². The second kappa shape index (κ2) is 9.62. The third kappa shape index (κ3) is 4.91. The molecular weight excluding hydrogens is 388 g/mol. The maximum absolute atomic E-state index is 12.6. The lowest BCUT2D eigenvalue weighted by Crippen LogP contribution is -2.38. The number of nitrogens with one attached hydrogen (secondary N) is 2. The van der Waals surface area contributed by atoms with E-state index < -0.39 is 0 Å². The van der Waals surface area contributed by atoms with Crippen molar-refractivity contribution in [3.63, 3.8) is 0 Å². The van der Waals surface area contributed by atoms with E-state index in [4.69, 9.17) is 14.2 Å². The number of hydrogen-bond acceptors (Lipinski definition) is 7. The zero-order valence-electron chi connectivity index (χ0n) is 17.8. The van der Waals surface area contributed by atoms with Gasteiger partial charge in [-0.3, -0.25) is 14.6 Å². The van der Waals surface area contributed by atoms with Gasteiger partial charge in [0, 0.05) is 42.5 Å². The molecule has 2 N–H and O–H groups in total. The summed E-state index contributed by atoms with van der Waals surface area (Å²) in [6.07, 6.45) is 0.464. The molecule has 1 saturated heterocycles. The summed E-state index contributed by atoms with van der Waals surface area (Å²) < 4.78 is 15.9. The molecule has 9 heteroatoms. The van der Waals surface area contributed by atoms with Gasteiger partial charge in [-0.1, -0.05) is 0 Å². The summed E-state index contributed by atoms with van der Waals surface area (Å²) in [4.78, 5) is 34.4. The molecule has 2 heterocycles. The van der Waals surface area contributed by atoms with Gasteiger partial charge in [0.2, 0.25) is 11.9 Å². The first-order valence-corrected chi connectivity index (χ1v) is 9.88. The van der Waals surface area contributed by atoms with Gasteiger partial charge >= 0.3 is 0 Å². The fourth-order valence-electron chi connectivity index (χ4n) is 3.38. The predicted molar refractivity (Wildman–Crippen MR) is 114 cm³/mol. The highest BCUT2D eigenvalue weighted by atomic mass is 16.5. The highest BCUT2D eigenvalue weighted by molar-refractivity contribution is 5.92. The number of rotatable bonds is 7. The second-order valence-electron chi connectivity index (χ2n) is 7.12. The van der Waals surface area contributed by atoms with E-state index in [9.17, 15) is 9.59 Å². The Morgan fingerprint density at radius 2 is 1.87 bits per heavy atom. The molecule has 0 radical (unpaired) electrons. The Balaban J connectivity index is 1.67. The normalized spacial score (nSPS) is 13.8. The van der Waals surface area contributed by atoms with Crippen molar-refractivity contribution in [2.75, 3.05) is 50.7 Å². The number of H-pyrrole nitrogens is 1. The third-order valence-electron chi connectivity index (χ3n) is 5.13. The lowest BCUT2D eigenvalue weighted by Gasteiger charge is -2.27. The Labute approximate surface area is 175 Å². The van der Waals surface area contributed by atoms with Gasteiger partial charge in [-0.05, 0) is 31.9 Å². The molecule has 2 aromatic rings. The van der Waals surface area contributed by atoms with Crippen LogP contribution < -0.4 is 25.2 Å². The molecule has 1 aromatic carbocycles. The lowest BCUT2D eigenvalue weighted by molar-refractivity contribution is -0.116. The Kier molecular flexibility index (Phi) is 6.94. The number of aromatic nitrogens is 2. The average molecular weight is 416 g/mol. The first-order chi connectivity index (χ1) is 14.4. The lowest BCUT2D eigenvalue weighted by atomic mass is 10.1. The minimum absolute atomic E-state index is 0.163. The summed E-state index contributed by atoms with van der Waals surface area (Å²) in [6.45, 7) is 6.27. The van der Waals surface area contributed by atoms with E-state index in [0.717, 1.165) is 5.56 Å². The van der Waals surface area contributed by atoms with Crippen LogP contribution in [0.2, 0.25) is 0 Å². The molecule has 0 atom stereocenters. The van der Waals surface area contributed by atoms with Crippen molar-refractivity contribution in [3.05, 3.63) is 39.3 Å². The first kappa shape index (κ1) is 21.6. The Hall–Kier alpha value is -3.07. The topological polar surface area (TPSA) is 106 Å². The summed E-state index contributed by atoms with van der Waals surface area (Å²) in [7, 11) is 3.11. The Morgan fingerprint density at radius 1 is 1.20 bits per heavy atom. The van der Waals surface area contributed by atoms with Gasteiger partial charge in [0.25, 0.3) is 5.56 Å². The molecule has 1 aliphatic rings. The molecule has 0 unspecified atom stereocenters. The molecule has 162 valence electrons. The maximum atomic E-state index is 12.6. The van der Waals surface area contributed by atoms with E-state index in [1.54, 1.807) is 33.3 Å². The summed E-state index contributed by atoms with van der Waals surface area (Å²) >= 11 is 0. The zero-order chi connectivity index (χ0) is 21.7. The van der Waals surface area contributed by atoms with Crippen molar-refractivity contribution in [1.82, 2.24) is 9.97 Å². The van der Waals surface area contributed by atoms with E-state index in [1.165, 1.54) is 0 Å². The summed E-state index contributed by atoms with van der Waals surface area (Å²) in [5.74, 6) is 1.49. The monoisotopic (exact) mass is 416 g/mol. The summed E-state index contributed by atoms with van der Waals surface area (Å²) in [5.41, 5.74) is 2.44. The van der Waals surface area contributed by atoms with Gasteiger partial charge in [0.15, 0.2) is 11.5 Å². The number of morpholine rings is 1.